The van der Waals surface area contributed by atoms with Crippen molar-refractivity contribution in [1.29, 1.82) is 0 Å². The van der Waals surface area contributed by atoms with Gasteiger partial charge in [0.2, 0.25) is 59.1 Å². The van der Waals surface area contributed by atoms with E-state index in [1.807, 2.05) is 0 Å². The molecule has 3 aliphatic rings. The molecule has 1 aliphatic heterocycles. The molecule has 10 amide bonds. The molecule has 3 rings (SSSR count). The minimum absolute atomic E-state index is 0.00822. The van der Waals surface area contributed by atoms with Crippen LogP contribution in [0.3, 0.4) is 0 Å². The molecule has 2 saturated carbocycles. The van der Waals surface area contributed by atoms with Crippen LogP contribution in [0.1, 0.15) is 124 Å². The normalized spacial score (nSPS) is 24.0. The monoisotopic (exact) mass is 1350 g/mol. The van der Waals surface area contributed by atoms with Gasteiger partial charge in [-0.1, -0.05) is 13.8 Å². The highest BCUT2D eigenvalue weighted by atomic mass is 32.2. The number of thiol groups is 1. The average molecular weight is 1350 g/mol. The summed E-state index contributed by atoms with van der Waals surface area (Å²) >= 11 is 5.22. The van der Waals surface area contributed by atoms with Crippen LogP contribution in [-0.4, -0.2) is 240 Å². The number of carbonyl (C=O) groups is 12. The van der Waals surface area contributed by atoms with Gasteiger partial charge in [0, 0.05) is 24.6 Å². The molecular formula is C56H95N13O21S2. The zero-order chi connectivity index (χ0) is 68.9. The van der Waals surface area contributed by atoms with Gasteiger partial charge in [0.25, 0.3) is 0 Å². The number of nitrogens with zero attached hydrogens (tertiary/aromatic N) is 1. The molecule has 92 heavy (non-hydrogen) atoms. The van der Waals surface area contributed by atoms with Crippen LogP contribution in [0.25, 0.3) is 0 Å². The number of guanidine groups is 1. The van der Waals surface area contributed by atoms with Gasteiger partial charge in [-0.25, -0.2) is 4.79 Å². The fourth-order valence-electron chi connectivity index (χ4n) is 10.6. The maximum Gasteiger partial charge on any atom is 0.327 e. The van der Waals surface area contributed by atoms with Crippen LogP contribution < -0.4 is 65.1 Å². The number of aliphatic imine (C=N–C) groups is 1. The third kappa shape index (κ3) is 27.9. The second-order valence-electron chi connectivity index (χ2n) is 23.8. The highest BCUT2D eigenvalue weighted by molar-refractivity contribution is 7.99. The number of hydrogen-bond acceptors (Lipinski definition) is 22. The number of hydrogen-bond donors (Lipinski definition) is 21. The van der Waals surface area contributed by atoms with E-state index in [4.69, 9.17) is 21.9 Å². The van der Waals surface area contributed by atoms with Crippen LogP contribution in [0, 0.1) is 23.7 Å². The Labute approximate surface area is 541 Å². The Hall–Kier alpha value is -6.67. The Morgan fingerprint density at radius 3 is 1.68 bits per heavy atom. The maximum absolute atomic E-state index is 14.5. The van der Waals surface area contributed by atoms with Gasteiger partial charge in [0.15, 0.2) is 5.96 Å². The summed E-state index contributed by atoms with van der Waals surface area (Å²) < 4.78 is 5.55. The molecule has 0 spiro atoms. The van der Waals surface area contributed by atoms with Crippen molar-refractivity contribution in [1.82, 2.24) is 47.9 Å². The third-order valence-electron chi connectivity index (χ3n) is 15.9. The van der Waals surface area contributed by atoms with E-state index < -0.39 is 200 Å². The molecule has 1 saturated heterocycles. The van der Waals surface area contributed by atoms with Crippen molar-refractivity contribution >= 4 is 101 Å². The van der Waals surface area contributed by atoms with Gasteiger partial charge < -0.3 is 111 Å². The summed E-state index contributed by atoms with van der Waals surface area (Å²) in [6, 6.07) is -12.8. The number of thioether (sulfide) groups is 1. The molecule has 0 aromatic carbocycles. The molecule has 0 aromatic heterocycles. The fraction of sp³-hybridized carbons (Fsp3) is 0.768. The van der Waals surface area contributed by atoms with E-state index in [1.165, 1.54) is 18.7 Å². The second-order valence-corrected chi connectivity index (χ2v) is 25.4. The molecule has 0 radical (unpaired) electrons. The van der Waals surface area contributed by atoms with Crippen molar-refractivity contribution in [3.8, 4) is 0 Å². The lowest BCUT2D eigenvalue weighted by Gasteiger charge is -2.39. The lowest BCUT2D eigenvalue weighted by Crippen LogP contribution is -2.61. The largest absolute Gasteiger partial charge is 0.481 e. The van der Waals surface area contributed by atoms with Crippen LogP contribution in [-0.2, 0) is 62.3 Å². The molecular weight excluding hydrogens is 1250 g/mol. The minimum Gasteiger partial charge on any atom is -0.481 e. The minimum atomic E-state index is -2.00. The van der Waals surface area contributed by atoms with Crippen LogP contribution in [0.4, 0.5) is 0 Å². The molecule has 13 unspecified atom stereocenters. The smallest absolute Gasteiger partial charge is 0.327 e. The predicted molar refractivity (Wildman–Crippen MR) is 332 cm³/mol. The fourth-order valence-corrected chi connectivity index (χ4v) is 12.1. The zero-order valence-corrected chi connectivity index (χ0v) is 53.6. The number of aliphatic hydroxyl groups excluding tert-OH is 6. The predicted octanol–water partition coefficient (Wildman–Crippen LogP) is -6.48. The van der Waals surface area contributed by atoms with Gasteiger partial charge in [0.1, 0.15) is 78.2 Å². The first kappa shape index (κ1) is 79.6. The number of amides is 10. The Morgan fingerprint density at radius 1 is 0.609 bits per heavy atom. The van der Waals surface area contributed by atoms with Crippen molar-refractivity contribution in [2.24, 2.45) is 45.9 Å². The number of carboxylic acids is 2. The molecule has 0 aromatic rings. The van der Waals surface area contributed by atoms with Gasteiger partial charge in [-0.3, -0.25) is 57.7 Å². The van der Waals surface area contributed by atoms with Gasteiger partial charge in [-0.05, 0) is 120 Å². The number of ether oxygens (including phenoxy) is 1. The number of carboxylic acid groups (broad SMARTS) is 2. The number of nitrogens with one attached hydrogen (secondary N) is 9. The number of carbonyl (C=O) groups excluding carboxylic acids is 10. The van der Waals surface area contributed by atoms with E-state index in [-0.39, 0.29) is 61.7 Å². The van der Waals surface area contributed by atoms with Crippen LogP contribution in [0.2, 0.25) is 0 Å². The highest BCUT2D eigenvalue weighted by Crippen LogP contribution is 2.35. The van der Waals surface area contributed by atoms with E-state index >= 15 is 0 Å². The Bertz CT molecular complexity index is 2520. The van der Waals surface area contributed by atoms with Crippen LogP contribution in [0.5, 0.6) is 0 Å². The standard InChI is InChI=1S/C56H95N13O21S2/c1-26(2)19-34(50(84)69-38(25-91)54(88)89)65-48(82)32(5-4-17-60-56(58)59)63-49(83)33(14-15-40(57)73)64-51(85)35(20-29-8-12-31(72)13-9-29)66-52(86)36(21-42(75)76)67-53(87)37(23-70)68-46(80)27(3)62-41(74)22-61-47(81)30-10-6-28(7-11-30)16-18-92-55-45(79)44(78)43(77)39(24-71)90-55/h26-39,43-45,55,70-72,77-79,91H,4-25H2,1-3H3,(H2,57,73)(H,61,81)(H,62,74)(H,63,83)(H,64,85)(H,65,82)(H,66,86)(H,67,87)(H,68,80)(H,69,84)(H,75,76)(H,88,89)(H4,58,59,60). The molecule has 13 atom stereocenters. The topological polar surface area (TPSA) is 575 Å². The van der Waals surface area contributed by atoms with Gasteiger partial charge in [-0.15, -0.1) is 11.8 Å². The van der Waals surface area contributed by atoms with Crippen LogP contribution in [0.15, 0.2) is 4.99 Å². The number of aliphatic carboxylic acids is 2. The maximum atomic E-state index is 14.5. The molecule has 0 bridgehead atoms. The highest BCUT2D eigenvalue weighted by Gasteiger charge is 2.44. The molecule has 1 heterocycles. The third-order valence-corrected chi connectivity index (χ3v) is 17.5. The number of primary amides is 1. The van der Waals surface area contributed by atoms with Gasteiger partial charge >= 0.3 is 11.9 Å². The van der Waals surface area contributed by atoms with Gasteiger partial charge in [-0.2, -0.15) is 12.6 Å². The lowest BCUT2D eigenvalue weighted by atomic mass is 9.80. The molecule has 2 aliphatic carbocycles. The molecule has 34 nitrogen and oxygen atoms in total. The van der Waals surface area contributed by atoms with Gasteiger partial charge in [0.05, 0.1) is 32.3 Å². The first-order chi connectivity index (χ1) is 43.4. The molecule has 3 fully saturated rings. The number of nitrogens with two attached hydrogens (primary N) is 3. The Balaban J connectivity index is 1.71. The second kappa shape index (κ2) is 40.4. The van der Waals surface area contributed by atoms with E-state index in [1.54, 1.807) is 13.8 Å². The van der Waals surface area contributed by atoms with Crippen molar-refractivity contribution in [2.45, 2.75) is 208 Å². The van der Waals surface area contributed by atoms with E-state index in [0.717, 1.165) is 0 Å². The first-order valence-corrected chi connectivity index (χ1v) is 32.4. The van der Waals surface area contributed by atoms with Crippen LogP contribution >= 0.6 is 24.4 Å². The van der Waals surface area contributed by atoms with E-state index in [2.05, 4.69) is 65.5 Å². The first-order valence-electron chi connectivity index (χ1n) is 30.7. The summed E-state index contributed by atoms with van der Waals surface area (Å²) in [5.74, 6) is -13.5. The Kier molecular flexibility index (Phi) is 35.0. The summed E-state index contributed by atoms with van der Waals surface area (Å²) in [5, 5.41) is 101. The molecule has 522 valence electrons. The van der Waals surface area contributed by atoms with Crippen molar-refractivity contribution < 1.29 is 103 Å². The summed E-state index contributed by atoms with van der Waals surface area (Å²) in [6.45, 7) is 2.46. The summed E-state index contributed by atoms with van der Waals surface area (Å²) in [4.78, 5) is 163. The SMILES string of the molecule is CC(C)CC(NC(=O)C(CCCN=C(N)N)NC(=O)C(CCC(N)=O)NC(=O)C(CC1CCC(O)CC1)NC(=O)C(CC(=O)O)NC(=O)C(CO)NC(=O)C(C)NC(=O)CNC(=O)C1CCC(CCSC2OC(CO)C(O)C(O)C2O)CC1)C(=O)NC(CS)C(=O)O. The summed E-state index contributed by atoms with van der Waals surface area (Å²) in [7, 11) is 0. The molecule has 23 N–H and O–H groups in total. The van der Waals surface area contributed by atoms with Crippen molar-refractivity contribution in [2.75, 3.05) is 37.8 Å². The lowest BCUT2D eigenvalue weighted by molar-refractivity contribution is -0.205. The quantitative estimate of drug-likeness (QED) is 0.0118. The number of rotatable bonds is 39. The van der Waals surface area contributed by atoms with E-state index in [9.17, 15) is 98.4 Å². The Morgan fingerprint density at radius 2 is 1.13 bits per heavy atom. The van der Waals surface area contributed by atoms with Crippen molar-refractivity contribution in [3.05, 3.63) is 0 Å². The average Bonchev–Trinajstić information content (AvgIpc) is 0.981. The molecule has 36 heteroatoms. The van der Waals surface area contributed by atoms with E-state index in [0.29, 0.717) is 63.5 Å². The summed E-state index contributed by atoms with van der Waals surface area (Å²) in [5.41, 5.74) is 15.5. The summed E-state index contributed by atoms with van der Waals surface area (Å²) in [6.07, 6.45) is -4.06. The number of aliphatic hydroxyl groups is 6. The zero-order valence-electron chi connectivity index (χ0n) is 51.9. The van der Waals surface area contributed by atoms with Crippen molar-refractivity contribution in [3.63, 3.8) is 0 Å².